The Balaban J connectivity index is 1.46. The predicted octanol–water partition coefficient (Wildman–Crippen LogP) is 3.93. The van der Waals surface area contributed by atoms with Crippen molar-refractivity contribution in [1.29, 1.82) is 0 Å². The Kier molecular flexibility index (Phi) is 4.14. The minimum absolute atomic E-state index is 0.0479. The summed E-state index contributed by atoms with van der Waals surface area (Å²) in [6.45, 7) is -0.655. The number of ketones is 1. The highest BCUT2D eigenvalue weighted by molar-refractivity contribution is 6.59. The van der Waals surface area contributed by atoms with E-state index in [1.165, 1.54) is 12.1 Å². The molecule has 1 aromatic heterocycles. The van der Waals surface area contributed by atoms with Gasteiger partial charge in [-0.05, 0) is 17.5 Å². The van der Waals surface area contributed by atoms with Crippen LogP contribution < -0.4 is 5.43 Å². The zero-order chi connectivity index (χ0) is 21.8. The number of amides is 1. The summed E-state index contributed by atoms with van der Waals surface area (Å²) in [5, 5.41) is 5.55. The van der Waals surface area contributed by atoms with Crippen LogP contribution in [0.1, 0.15) is 21.7 Å². The standard InChI is InChI=1S/C22H13F3N4O2/c23-22(24,25)21-26-15-9-1-2-10-16(15)29(21)11-17(30)27-28-19-13-7-3-5-12-6-4-8-14(18(12)13)20(19)31/h1-10H,11H2,(H,27,30). The van der Waals surface area contributed by atoms with E-state index in [0.717, 1.165) is 15.3 Å². The van der Waals surface area contributed by atoms with Crippen molar-refractivity contribution in [3.8, 4) is 0 Å². The molecule has 0 radical (unpaired) electrons. The Morgan fingerprint density at radius 2 is 1.71 bits per heavy atom. The number of fused-ring (bicyclic) bond motifs is 1. The van der Waals surface area contributed by atoms with Crippen LogP contribution in [0.5, 0.6) is 0 Å². The summed E-state index contributed by atoms with van der Waals surface area (Å²) < 4.78 is 41.0. The second-order valence-electron chi connectivity index (χ2n) is 7.04. The molecule has 1 amide bonds. The molecular formula is C22H13F3N4O2. The van der Waals surface area contributed by atoms with Gasteiger partial charge in [-0.1, -0.05) is 48.5 Å². The molecule has 0 saturated carbocycles. The lowest BCUT2D eigenvalue weighted by atomic mass is 10.1. The van der Waals surface area contributed by atoms with Crippen LogP contribution in [0.25, 0.3) is 21.8 Å². The highest BCUT2D eigenvalue weighted by Crippen LogP contribution is 2.32. The molecule has 31 heavy (non-hydrogen) atoms. The number of para-hydroxylation sites is 2. The van der Waals surface area contributed by atoms with Crippen molar-refractivity contribution in [2.24, 2.45) is 5.10 Å². The molecule has 9 heteroatoms. The zero-order valence-corrected chi connectivity index (χ0v) is 15.8. The number of halogens is 3. The largest absolute Gasteiger partial charge is 0.449 e. The number of carbonyl (C=O) groups is 2. The van der Waals surface area contributed by atoms with Crippen LogP contribution in [-0.2, 0) is 17.5 Å². The number of carbonyl (C=O) groups excluding carboxylic acids is 2. The van der Waals surface area contributed by atoms with Gasteiger partial charge in [-0.3, -0.25) is 9.59 Å². The number of Topliss-reactive ketones (excluding diaryl/α,β-unsaturated/α-hetero) is 1. The van der Waals surface area contributed by atoms with Crippen LogP contribution in [0.4, 0.5) is 13.2 Å². The fourth-order valence-electron chi connectivity index (χ4n) is 3.84. The third-order valence-corrected chi connectivity index (χ3v) is 5.12. The smallest absolute Gasteiger partial charge is 0.311 e. The topological polar surface area (TPSA) is 76.3 Å². The van der Waals surface area contributed by atoms with Gasteiger partial charge < -0.3 is 4.57 Å². The van der Waals surface area contributed by atoms with Crippen molar-refractivity contribution in [2.45, 2.75) is 12.7 Å². The minimum Gasteiger partial charge on any atom is -0.311 e. The molecule has 0 aliphatic heterocycles. The molecule has 0 atom stereocenters. The number of hydrogen-bond donors (Lipinski definition) is 1. The Morgan fingerprint density at radius 3 is 2.45 bits per heavy atom. The van der Waals surface area contributed by atoms with Crippen molar-refractivity contribution in [3.63, 3.8) is 0 Å². The van der Waals surface area contributed by atoms with Crippen LogP contribution in [0.3, 0.4) is 0 Å². The average Bonchev–Trinajstić information content (AvgIpc) is 3.24. The van der Waals surface area contributed by atoms with Crippen molar-refractivity contribution in [2.75, 3.05) is 0 Å². The molecule has 4 aromatic rings. The lowest BCUT2D eigenvalue weighted by Crippen LogP contribution is -2.28. The van der Waals surface area contributed by atoms with Gasteiger partial charge in [-0.2, -0.15) is 18.3 Å². The second kappa shape index (κ2) is 6.76. The van der Waals surface area contributed by atoms with Gasteiger partial charge >= 0.3 is 6.18 Å². The molecule has 1 N–H and O–H groups in total. The van der Waals surface area contributed by atoms with Gasteiger partial charge in [0.1, 0.15) is 12.3 Å². The molecule has 5 rings (SSSR count). The lowest BCUT2D eigenvalue weighted by molar-refractivity contribution is -0.147. The summed E-state index contributed by atoms with van der Waals surface area (Å²) in [4.78, 5) is 28.8. The molecule has 3 aromatic carbocycles. The summed E-state index contributed by atoms with van der Waals surface area (Å²) in [6.07, 6.45) is -4.73. The number of aromatic nitrogens is 2. The van der Waals surface area contributed by atoms with E-state index in [0.29, 0.717) is 11.1 Å². The van der Waals surface area contributed by atoms with Crippen molar-refractivity contribution in [3.05, 3.63) is 77.6 Å². The Bertz CT molecular complexity index is 1410. The van der Waals surface area contributed by atoms with Crippen molar-refractivity contribution < 1.29 is 22.8 Å². The fourth-order valence-corrected chi connectivity index (χ4v) is 3.84. The number of benzene rings is 3. The molecule has 0 bridgehead atoms. The van der Waals surface area contributed by atoms with Gasteiger partial charge in [-0.15, -0.1) is 0 Å². The fraction of sp³-hybridized carbons (Fsp3) is 0.0909. The zero-order valence-electron chi connectivity index (χ0n) is 15.8. The van der Waals surface area contributed by atoms with Gasteiger partial charge in [-0.25, -0.2) is 10.4 Å². The summed E-state index contributed by atoms with van der Waals surface area (Å²) in [6, 6.07) is 16.7. The van der Waals surface area contributed by atoms with Gasteiger partial charge in [0.05, 0.1) is 11.0 Å². The molecule has 0 fully saturated rings. The van der Waals surface area contributed by atoms with E-state index >= 15 is 0 Å². The van der Waals surface area contributed by atoms with E-state index in [-0.39, 0.29) is 22.5 Å². The Morgan fingerprint density at radius 1 is 1.00 bits per heavy atom. The Labute approximate surface area is 173 Å². The quantitative estimate of drug-likeness (QED) is 0.509. The maximum absolute atomic E-state index is 13.4. The molecule has 0 unspecified atom stereocenters. The first kappa shape index (κ1) is 19.0. The summed E-state index contributed by atoms with van der Waals surface area (Å²) in [5.74, 6) is -2.33. The average molecular weight is 422 g/mol. The van der Waals surface area contributed by atoms with E-state index in [1.54, 1.807) is 36.4 Å². The normalized spacial score (nSPS) is 14.7. The van der Waals surface area contributed by atoms with E-state index < -0.39 is 24.5 Å². The lowest BCUT2D eigenvalue weighted by Gasteiger charge is -2.10. The number of rotatable bonds is 3. The van der Waals surface area contributed by atoms with E-state index in [1.807, 2.05) is 12.1 Å². The number of hydrogen-bond acceptors (Lipinski definition) is 4. The molecule has 154 valence electrons. The van der Waals surface area contributed by atoms with Crippen LogP contribution in [0, 0.1) is 0 Å². The molecule has 1 heterocycles. The van der Waals surface area contributed by atoms with Gasteiger partial charge in [0.15, 0.2) is 0 Å². The van der Waals surface area contributed by atoms with Crippen LogP contribution in [-0.4, -0.2) is 27.0 Å². The van der Waals surface area contributed by atoms with Crippen LogP contribution in [0.15, 0.2) is 65.8 Å². The first-order valence-corrected chi connectivity index (χ1v) is 9.30. The summed E-state index contributed by atoms with van der Waals surface area (Å²) >= 11 is 0. The van der Waals surface area contributed by atoms with E-state index in [2.05, 4.69) is 15.5 Å². The van der Waals surface area contributed by atoms with Gasteiger partial charge in [0.2, 0.25) is 11.6 Å². The van der Waals surface area contributed by atoms with Gasteiger partial charge in [0.25, 0.3) is 5.91 Å². The van der Waals surface area contributed by atoms with Crippen molar-refractivity contribution >= 4 is 39.2 Å². The number of nitrogens with one attached hydrogen (secondary N) is 1. The summed E-state index contributed by atoms with van der Waals surface area (Å²) in [7, 11) is 0. The maximum Gasteiger partial charge on any atom is 0.449 e. The third kappa shape index (κ3) is 3.05. The molecule has 6 nitrogen and oxygen atoms in total. The molecule has 1 aliphatic carbocycles. The number of imidazole rings is 1. The summed E-state index contributed by atoms with van der Waals surface area (Å²) in [5.41, 5.74) is 3.62. The second-order valence-corrected chi connectivity index (χ2v) is 7.04. The minimum atomic E-state index is -4.73. The first-order valence-electron chi connectivity index (χ1n) is 9.30. The highest BCUT2D eigenvalue weighted by atomic mass is 19.4. The number of hydrazone groups is 1. The third-order valence-electron chi connectivity index (χ3n) is 5.12. The van der Waals surface area contributed by atoms with E-state index in [9.17, 15) is 22.8 Å². The van der Waals surface area contributed by atoms with Crippen LogP contribution >= 0.6 is 0 Å². The molecule has 0 saturated heterocycles. The number of alkyl halides is 3. The highest BCUT2D eigenvalue weighted by Gasteiger charge is 2.38. The predicted molar refractivity (Wildman–Crippen MR) is 108 cm³/mol. The number of nitrogens with zero attached hydrogens (tertiary/aromatic N) is 3. The Hall–Kier alpha value is -4.01. The molecule has 0 spiro atoms. The SMILES string of the molecule is O=C(Cn1c(C(F)(F)F)nc2ccccc21)NN=C1C(=O)c2cccc3cccc1c23. The first-order chi connectivity index (χ1) is 14.8. The maximum atomic E-state index is 13.4. The van der Waals surface area contributed by atoms with E-state index in [4.69, 9.17) is 0 Å². The monoisotopic (exact) mass is 422 g/mol. The molecular weight excluding hydrogens is 409 g/mol. The van der Waals surface area contributed by atoms with Gasteiger partial charge in [0, 0.05) is 16.5 Å². The molecule has 1 aliphatic rings. The van der Waals surface area contributed by atoms with Crippen LogP contribution in [0.2, 0.25) is 0 Å². The van der Waals surface area contributed by atoms with Crippen molar-refractivity contribution in [1.82, 2.24) is 15.0 Å².